The van der Waals surface area contributed by atoms with Crippen molar-refractivity contribution in [2.24, 2.45) is 4.99 Å². The molecule has 50 valence electrons. The number of hydrazine groups is 1. The topological polar surface area (TPSA) is 53.5 Å². The van der Waals surface area contributed by atoms with Crippen LogP contribution >= 0.6 is 0 Å². The molecule has 1 aliphatic heterocycles. The number of nitrogens with one attached hydrogen (secondary N) is 2. The van der Waals surface area contributed by atoms with Gasteiger partial charge in [-0.2, -0.15) is 0 Å². The molecule has 1 heterocycles. The molecular weight excluding hydrogens is 118 g/mol. The van der Waals surface area contributed by atoms with Crippen molar-refractivity contribution in [3.8, 4) is 0 Å². The predicted molar refractivity (Wildman–Crippen MR) is 33.9 cm³/mol. The molecule has 0 aliphatic carbocycles. The molecule has 2 N–H and O–H groups in total. The van der Waals surface area contributed by atoms with Crippen molar-refractivity contribution in [2.75, 3.05) is 6.54 Å². The highest BCUT2D eigenvalue weighted by Crippen LogP contribution is 1.88. The fourth-order valence-electron chi connectivity index (χ4n) is 0.669. The van der Waals surface area contributed by atoms with Crippen LogP contribution in [0.1, 0.15) is 13.3 Å². The first-order valence-electron chi connectivity index (χ1n) is 2.91. The second-order valence-corrected chi connectivity index (χ2v) is 1.77. The molecule has 9 heavy (non-hydrogen) atoms. The van der Waals surface area contributed by atoms with Crippen LogP contribution in [0.15, 0.2) is 4.99 Å². The van der Waals surface area contributed by atoms with E-state index in [2.05, 4.69) is 15.8 Å². The van der Waals surface area contributed by atoms with Crippen LogP contribution in [0.2, 0.25) is 0 Å². The molecule has 4 nitrogen and oxygen atoms in total. The first-order chi connectivity index (χ1) is 4.33. The van der Waals surface area contributed by atoms with Crippen LogP contribution in [0.5, 0.6) is 0 Å². The van der Waals surface area contributed by atoms with E-state index in [-0.39, 0.29) is 5.91 Å². The van der Waals surface area contributed by atoms with Crippen molar-refractivity contribution in [3.05, 3.63) is 0 Å². The summed E-state index contributed by atoms with van der Waals surface area (Å²) >= 11 is 0. The van der Waals surface area contributed by atoms with Gasteiger partial charge in [-0.25, -0.2) is 0 Å². The minimum Gasteiger partial charge on any atom is -0.285 e. The summed E-state index contributed by atoms with van der Waals surface area (Å²) in [6, 6.07) is 0. The van der Waals surface area contributed by atoms with Gasteiger partial charge >= 0.3 is 0 Å². The van der Waals surface area contributed by atoms with E-state index in [1.165, 1.54) is 0 Å². The largest absolute Gasteiger partial charge is 0.285 e. The average molecular weight is 127 g/mol. The van der Waals surface area contributed by atoms with Gasteiger partial charge in [-0.1, -0.05) is 0 Å². The van der Waals surface area contributed by atoms with Crippen LogP contribution < -0.4 is 10.9 Å². The number of rotatable bonds is 1. The third kappa shape index (κ3) is 1.42. The minimum absolute atomic E-state index is 0.0119. The van der Waals surface area contributed by atoms with Crippen LogP contribution in [-0.2, 0) is 4.79 Å². The fourth-order valence-corrected chi connectivity index (χ4v) is 0.669. The van der Waals surface area contributed by atoms with Gasteiger partial charge in [0.15, 0.2) is 0 Å². The quantitative estimate of drug-likeness (QED) is 0.495. The van der Waals surface area contributed by atoms with Crippen molar-refractivity contribution >= 4 is 11.7 Å². The lowest BCUT2D eigenvalue weighted by atomic mass is 10.4. The zero-order valence-corrected chi connectivity index (χ0v) is 5.27. The Bertz CT molecular complexity index is 152. The lowest BCUT2D eigenvalue weighted by Crippen LogP contribution is -2.28. The lowest BCUT2D eigenvalue weighted by Gasteiger charge is -1.91. The van der Waals surface area contributed by atoms with E-state index in [4.69, 9.17) is 0 Å². The van der Waals surface area contributed by atoms with E-state index >= 15 is 0 Å². The monoisotopic (exact) mass is 127 g/mol. The van der Waals surface area contributed by atoms with Crippen LogP contribution in [0, 0.1) is 0 Å². The second kappa shape index (κ2) is 2.48. The molecule has 0 bridgehead atoms. The van der Waals surface area contributed by atoms with Gasteiger partial charge in [-0.05, 0) is 6.92 Å². The Hall–Kier alpha value is -1.06. The van der Waals surface area contributed by atoms with Crippen LogP contribution in [0.25, 0.3) is 0 Å². The molecule has 0 aromatic heterocycles. The van der Waals surface area contributed by atoms with E-state index in [0.717, 1.165) is 12.4 Å². The smallest absolute Gasteiger partial charge is 0.245 e. The predicted octanol–water partition coefficient (Wildman–Crippen LogP) is -0.571. The van der Waals surface area contributed by atoms with Gasteiger partial charge in [0, 0.05) is 6.54 Å². The highest BCUT2D eigenvalue weighted by atomic mass is 16.2. The van der Waals surface area contributed by atoms with E-state index in [0.29, 0.717) is 6.42 Å². The Kier molecular flexibility index (Phi) is 1.67. The molecule has 0 saturated carbocycles. The number of nitrogens with zero attached hydrogens (tertiary/aromatic N) is 1. The third-order valence-electron chi connectivity index (χ3n) is 1.02. The van der Waals surface area contributed by atoms with Gasteiger partial charge in [0.05, 0.1) is 6.42 Å². The number of amides is 1. The summed E-state index contributed by atoms with van der Waals surface area (Å²) < 4.78 is 0. The maximum absolute atomic E-state index is 10.5. The lowest BCUT2D eigenvalue weighted by molar-refractivity contribution is -0.119. The van der Waals surface area contributed by atoms with Gasteiger partial charge in [0.1, 0.15) is 5.84 Å². The molecule has 1 amide bonds. The molecule has 4 heteroatoms. The molecule has 0 unspecified atom stereocenters. The zero-order valence-electron chi connectivity index (χ0n) is 5.27. The summed E-state index contributed by atoms with van der Waals surface area (Å²) in [5.41, 5.74) is 5.09. The molecule has 0 aromatic rings. The molecule has 0 aromatic carbocycles. The number of hydrogen-bond acceptors (Lipinski definition) is 2. The summed E-state index contributed by atoms with van der Waals surface area (Å²) in [7, 11) is 0. The van der Waals surface area contributed by atoms with Gasteiger partial charge in [-0.15, -0.1) is 0 Å². The zero-order chi connectivity index (χ0) is 6.69. The van der Waals surface area contributed by atoms with E-state index in [9.17, 15) is 4.79 Å². The first kappa shape index (κ1) is 6.07. The summed E-state index contributed by atoms with van der Waals surface area (Å²) in [4.78, 5) is 14.5. The third-order valence-corrected chi connectivity index (χ3v) is 1.02. The normalized spacial score (nSPS) is 21.9. The molecule has 1 rings (SSSR count). The van der Waals surface area contributed by atoms with Gasteiger partial charge in [-0.3, -0.25) is 20.6 Å². The number of aliphatic imine (C=N–C) groups is 1. The maximum Gasteiger partial charge on any atom is 0.245 e. The number of carbonyl (C=O) groups excluding carboxylic acids is 1. The van der Waals surface area contributed by atoms with Crippen molar-refractivity contribution in [2.45, 2.75) is 13.3 Å². The van der Waals surface area contributed by atoms with Crippen LogP contribution in [0.4, 0.5) is 0 Å². The fraction of sp³-hybridized carbons (Fsp3) is 0.600. The molecule has 0 atom stereocenters. The van der Waals surface area contributed by atoms with E-state index in [1.807, 2.05) is 6.92 Å². The Labute approximate surface area is 53.3 Å². The van der Waals surface area contributed by atoms with Crippen molar-refractivity contribution in [1.29, 1.82) is 0 Å². The molecule has 1 aliphatic rings. The molecule has 1 saturated heterocycles. The molecule has 1 fully saturated rings. The van der Waals surface area contributed by atoms with Crippen molar-refractivity contribution in [3.63, 3.8) is 0 Å². The SMILES string of the molecule is CCN=C1CC(=O)NN1. The van der Waals surface area contributed by atoms with Crippen molar-refractivity contribution < 1.29 is 4.79 Å². The maximum atomic E-state index is 10.5. The Morgan fingerprint density at radius 1 is 1.67 bits per heavy atom. The van der Waals surface area contributed by atoms with Gasteiger partial charge in [0.25, 0.3) is 0 Å². The second-order valence-electron chi connectivity index (χ2n) is 1.77. The average Bonchev–Trinajstić information content (AvgIpc) is 2.17. The van der Waals surface area contributed by atoms with Crippen LogP contribution in [0.3, 0.4) is 0 Å². The highest BCUT2D eigenvalue weighted by Gasteiger charge is 2.13. The van der Waals surface area contributed by atoms with Gasteiger partial charge < -0.3 is 0 Å². The number of amidine groups is 1. The first-order valence-corrected chi connectivity index (χ1v) is 2.91. The highest BCUT2D eigenvalue weighted by molar-refractivity contribution is 6.04. The van der Waals surface area contributed by atoms with Crippen molar-refractivity contribution in [1.82, 2.24) is 10.9 Å². The number of hydrogen-bond donors (Lipinski definition) is 2. The summed E-state index contributed by atoms with van der Waals surface area (Å²) in [5, 5.41) is 0. The molecule has 0 radical (unpaired) electrons. The standard InChI is InChI=1S/C5H9N3O/c1-2-6-4-3-5(9)8-7-4/h2-3H2,1H3,(H,6,7)(H,8,9). The van der Waals surface area contributed by atoms with Gasteiger partial charge in [0.2, 0.25) is 5.91 Å². The summed E-state index contributed by atoms with van der Waals surface area (Å²) in [5.74, 6) is 0.727. The Morgan fingerprint density at radius 2 is 2.44 bits per heavy atom. The van der Waals surface area contributed by atoms with E-state index in [1.54, 1.807) is 0 Å². The molecule has 0 spiro atoms. The number of carbonyl (C=O) groups is 1. The Morgan fingerprint density at radius 3 is 2.89 bits per heavy atom. The van der Waals surface area contributed by atoms with E-state index < -0.39 is 0 Å². The molecular formula is C5H9N3O. The summed E-state index contributed by atoms with van der Waals surface area (Å²) in [6.07, 6.45) is 0.397. The van der Waals surface area contributed by atoms with Crippen LogP contribution in [-0.4, -0.2) is 18.3 Å². The Balaban J connectivity index is 2.47. The summed E-state index contributed by atoms with van der Waals surface area (Å²) in [6.45, 7) is 2.65. The minimum atomic E-state index is -0.0119.